The van der Waals surface area contributed by atoms with Crippen LogP contribution >= 0.6 is 11.3 Å². The molecule has 1 atom stereocenters. The first-order valence-corrected chi connectivity index (χ1v) is 14.8. The highest BCUT2D eigenvalue weighted by atomic mass is 32.1. The van der Waals surface area contributed by atoms with Crippen molar-refractivity contribution in [3.8, 4) is 11.5 Å². The Labute approximate surface area is 249 Å². The van der Waals surface area contributed by atoms with Crippen LogP contribution in [0.1, 0.15) is 76.8 Å². The van der Waals surface area contributed by atoms with E-state index in [1.807, 2.05) is 26.0 Å². The zero-order chi connectivity index (χ0) is 30.6. The molecule has 1 fully saturated rings. The lowest BCUT2D eigenvalue weighted by Crippen LogP contribution is -2.29. The molecule has 1 aliphatic heterocycles. The first-order chi connectivity index (χ1) is 20.1. The number of aryl methyl sites for hydroxylation is 3. The summed E-state index contributed by atoms with van der Waals surface area (Å²) < 4.78 is 16.7. The number of aliphatic hydroxyl groups is 1. The summed E-state index contributed by atoms with van der Waals surface area (Å²) in [5.74, 6) is -1.63. The van der Waals surface area contributed by atoms with E-state index in [1.165, 1.54) is 12.0 Å². The number of carbonyl (C=O) groups excluding carboxylic acids is 3. The molecule has 1 saturated heterocycles. The van der Waals surface area contributed by atoms with Crippen LogP contribution in [0.25, 0.3) is 5.76 Å². The zero-order valence-corrected chi connectivity index (χ0v) is 25.6. The monoisotopic (exact) mass is 592 g/mol. The third-order valence-corrected chi connectivity index (χ3v) is 8.19. The summed E-state index contributed by atoms with van der Waals surface area (Å²) in [6.07, 6.45) is 2.99. The molecule has 1 aromatic heterocycles. The molecule has 0 radical (unpaired) electrons. The quantitative estimate of drug-likeness (QED) is 0.0888. The van der Waals surface area contributed by atoms with E-state index in [-0.39, 0.29) is 27.9 Å². The number of rotatable bonds is 11. The van der Waals surface area contributed by atoms with Crippen molar-refractivity contribution in [2.45, 2.75) is 59.9 Å². The van der Waals surface area contributed by atoms with Gasteiger partial charge in [0, 0.05) is 5.56 Å². The first kappa shape index (κ1) is 30.8. The predicted octanol–water partition coefficient (Wildman–Crippen LogP) is 6.45. The Balaban J connectivity index is 1.90. The molecule has 0 spiro atoms. The largest absolute Gasteiger partial charge is 0.507 e. The van der Waals surface area contributed by atoms with Crippen LogP contribution in [0.5, 0.6) is 11.5 Å². The van der Waals surface area contributed by atoms with E-state index in [9.17, 15) is 19.5 Å². The Bertz CT molecular complexity index is 1540. The fraction of sp³-hybridized carbons (Fsp3) is 0.375. The summed E-state index contributed by atoms with van der Waals surface area (Å²) in [5, 5.41) is 11.7. The number of ether oxygens (including phenoxy) is 3. The number of esters is 1. The number of hydrogen-bond acceptors (Lipinski definition) is 9. The molecule has 0 bridgehead atoms. The van der Waals surface area contributed by atoms with Crippen molar-refractivity contribution in [2.24, 2.45) is 0 Å². The number of unbranched alkanes of at least 4 members (excludes halogenated alkanes) is 2. The summed E-state index contributed by atoms with van der Waals surface area (Å²) in [6.45, 7) is 9.86. The fourth-order valence-corrected chi connectivity index (χ4v) is 5.85. The number of benzene rings is 2. The standard InChI is InChI=1S/C32H36N2O7S/c1-7-9-10-15-41-23-14-13-21(17-24(23)39-6)26-25(27(35)22-16-18(3)11-12-19(22)4)28(36)30(37)34(26)32-33-20(5)29(42-32)31(38)40-8-2/h11-14,16-17,26,35H,7-10,15H2,1-6H3/b27-25+. The van der Waals surface area contributed by atoms with E-state index in [0.717, 1.165) is 41.7 Å². The molecule has 1 amide bonds. The van der Waals surface area contributed by atoms with Crippen molar-refractivity contribution in [3.63, 3.8) is 0 Å². The molecule has 42 heavy (non-hydrogen) atoms. The van der Waals surface area contributed by atoms with Gasteiger partial charge in [0.25, 0.3) is 5.78 Å². The molecule has 2 heterocycles. The van der Waals surface area contributed by atoms with Crippen LogP contribution in [0.3, 0.4) is 0 Å². The van der Waals surface area contributed by atoms with Gasteiger partial charge in [-0.2, -0.15) is 0 Å². The maximum atomic E-state index is 13.7. The molecule has 10 heteroatoms. The third kappa shape index (κ3) is 6.04. The lowest BCUT2D eigenvalue weighted by atomic mass is 9.93. The van der Waals surface area contributed by atoms with Gasteiger partial charge in [0.15, 0.2) is 16.6 Å². The number of thiazole rings is 1. The molecule has 4 rings (SSSR count). The van der Waals surface area contributed by atoms with E-state index in [2.05, 4.69) is 11.9 Å². The van der Waals surface area contributed by atoms with E-state index in [1.54, 1.807) is 38.1 Å². The minimum atomic E-state index is -1.05. The van der Waals surface area contributed by atoms with E-state index in [4.69, 9.17) is 14.2 Å². The number of amides is 1. The van der Waals surface area contributed by atoms with Gasteiger partial charge in [-0.25, -0.2) is 9.78 Å². The number of ketones is 1. The molecule has 1 unspecified atom stereocenters. The summed E-state index contributed by atoms with van der Waals surface area (Å²) in [4.78, 5) is 45.8. The Morgan fingerprint density at radius 1 is 1.05 bits per heavy atom. The number of aliphatic hydroxyl groups excluding tert-OH is 1. The minimum Gasteiger partial charge on any atom is -0.507 e. The maximum Gasteiger partial charge on any atom is 0.350 e. The molecular formula is C32H36N2O7S. The van der Waals surface area contributed by atoms with Crippen LogP contribution in [0, 0.1) is 20.8 Å². The van der Waals surface area contributed by atoms with Gasteiger partial charge in [-0.1, -0.05) is 54.9 Å². The van der Waals surface area contributed by atoms with Crippen molar-refractivity contribution in [1.82, 2.24) is 4.98 Å². The average molecular weight is 593 g/mol. The van der Waals surface area contributed by atoms with Gasteiger partial charge < -0.3 is 19.3 Å². The fourth-order valence-electron chi connectivity index (χ4n) is 4.86. The Kier molecular flexibility index (Phi) is 9.67. The van der Waals surface area contributed by atoms with Crippen molar-refractivity contribution in [1.29, 1.82) is 0 Å². The second-order valence-corrected chi connectivity index (χ2v) is 11.1. The summed E-state index contributed by atoms with van der Waals surface area (Å²) in [7, 11) is 1.51. The van der Waals surface area contributed by atoms with Crippen molar-refractivity contribution in [2.75, 3.05) is 25.2 Å². The number of methoxy groups -OCH3 is 1. The SMILES string of the molecule is CCCCCOc1ccc(C2/C(=C(\O)c3cc(C)ccc3C)C(=O)C(=O)N2c2nc(C)c(C(=O)OCC)s2)cc1OC. The number of anilines is 1. The molecule has 9 nitrogen and oxygen atoms in total. The predicted molar refractivity (Wildman–Crippen MR) is 162 cm³/mol. The highest BCUT2D eigenvalue weighted by Crippen LogP contribution is 2.46. The van der Waals surface area contributed by atoms with Gasteiger partial charge in [-0.3, -0.25) is 14.5 Å². The molecular weight excluding hydrogens is 556 g/mol. The molecule has 0 aliphatic carbocycles. The van der Waals surface area contributed by atoms with Crippen LogP contribution in [0.15, 0.2) is 42.0 Å². The number of aromatic nitrogens is 1. The number of nitrogens with zero attached hydrogens (tertiary/aromatic N) is 2. The zero-order valence-electron chi connectivity index (χ0n) is 24.8. The van der Waals surface area contributed by atoms with Crippen LogP contribution in [0.4, 0.5) is 5.13 Å². The van der Waals surface area contributed by atoms with Gasteiger partial charge in [0.2, 0.25) is 0 Å². The van der Waals surface area contributed by atoms with Gasteiger partial charge in [-0.05, 0) is 63.4 Å². The minimum absolute atomic E-state index is 0.0853. The lowest BCUT2D eigenvalue weighted by molar-refractivity contribution is -0.132. The van der Waals surface area contributed by atoms with Crippen molar-refractivity contribution >= 4 is 39.9 Å². The van der Waals surface area contributed by atoms with Crippen LogP contribution in [-0.2, 0) is 14.3 Å². The second kappa shape index (κ2) is 13.2. The van der Waals surface area contributed by atoms with Crippen LogP contribution in [0.2, 0.25) is 0 Å². The summed E-state index contributed by atoms with van der Waals surface area (Å²) >= 11 is 0.960. The number of hydrogen-bond donors (Lipinski definition) is 1. The van der Waals surface area contributed by atoms with Gasteiger partial charge in [-0.15, -0.1) is 0 Å². The molecule has 1 aliphatic rings. The molecule has 3 aromatic rings. The smallest absolute Gasteiger partial charge is 0.350 e. The molecule has 2 aromatic carbocycles. The number of carbonyl (C=O) groups is 3. The molecule has 0 saturated carbocycles. The Hall–Kier alpha value is -4.18. The summed E-state index contributed by atoms with van der Waals surface area (Å²) in [6, 6.07) is 9.64. The third-order valence-electron chi connectivity index (χ3n) is 7.05. The second-order valence-electron chi connectivity index (χ2n) is 10.1. The highest BCUT2D eigenvalue weighted by Gasteiger charge is 2.48. The topological polar surface area (TPSA) is 115 Å². The van der Waals surface area contributed by atoms with E-state index >= 15 is 0 Å². The van der Waals surface area contributed by atoms with Gasteiger partial charge in [0.1, 0.15) is 10.6 Å². The summed E-state index contributed by atoms with van der Waals surface area (Å²) in [5.41, 5.74) is 2.86. The first-order valence-electron chi connectivity index (χ1n) is 14.0. The highest BCUT2D eigenvalue weighted by molar-refractivity contribution is 7.17. The number of Topliss-reactive ketones (excluding diaryl/α,β-unsaturated/α-hetero) is 1. The molecule has 1 N–H and O–H groups in total. The normalized spacial score (nSPS) is 16.1. The Morgan fingerprint density at radius 2 is 1.81 bits per heavy atom. The average Bonchev–Trinajstić information content (AvgIpc) is 3.48. The Morgan fingerprint density at radius 3 is 2.50 bits per heavy atom. The van der Waals surface area contributed by atoms with E-state index in [0.29, 0.717) is 34.9 Å². The lowest BCUT2D eigenvalue weighted by Gasteiger charge is -2.24. The van der Waals surface area contributed by atoms with Crippen LogP contribution in [-0.4, -0.2) is 48.1 Å². The van der Waals surface area contributed by atoms with Crippen molar-refractivity contribution < 1.29 is 33.7 Å². The van der Waals surface area contributed by atoms with Crippen LogP contribution < -0.4 is 14.4 Å². The van der Waals surface area contributed by atoms with Crippen molar-refractivity contribution in [3.05, 3.63) is 74.8 Å². The van der Waals surface area contributed by atoms with E-state index < -0.39 is 23.7 Å². The van der Waals surface area contributed by atoms with Gasteiger partial charge >= 0.3 is 11.9 Å². The molecule has 222 valence electrons. The maximum absolute atomic E-state index is 13.7. The van der Waals surface area contributed by atoms with Gasteiger partial charge in [0.05, 0.1) is 37.6 Å².